The molecule has 0 bridgehead atoms. The van der Waals surface area contributed by atoms with Crippen LogP contribution in [0, 0.1) is 12.3 Å². The molecule has 0 amide bonds. The molecule has 1 aromatic rings. The van der Waals surface area contributed by atoms with Gasteiger partial charge in [-0.3, -0.25) is 4.90 Å². The van der Waals surface area contributed by atoms with Gasteiger partial charge in [-0.2, -0.15) is 0 Å². The first-order chi connectivity index (χ1) is 8.72. The van der Waals surface area contributed by atoms with E-state index in [-0.39, 0.29) is 0 Å². The molecule has 0 radical (unpaired) electrons. The van der Waals surface area contributed by atoms with E-state index in [0.29, 0.717) is 6.42 Å². The Morgan fingerprint density at radius 1 is 1.33 bits per heavy atom. The first-order valence-electron chi connectivity index (χ1n) is 6.64. The molecule has 2 heteroatoms. The van der Waals surface area contributed by atoms with Gasteiger partial charge >= 0.3 is 0 Å². The molecule has 1 aliphatic rings. The summed E-state index contributed by atoms with van der Waals surface area (Å²) < 4.78 is 0. The minimum absolute atomic E-state index is 0.584. The van der Waals surface area contributed by atoms with Crippen molar-refractivity contribution in [3.63, 3.8) is 0 Å². The molecule has 0 aliphatic carbocycles. The summed E-state index contributed by atoms with van der Waals surface area (Å²) in [7, 11) is 0. The molecule has 0 spiro atoms. The van der Waals surface area contributed by atoms with Crippen molar-refractivity contribution < 1.29 is 5.11 Å². The number of likely N-dealkylation sites (tertiary alicyclic amines) is 1. The average molecular weight is 243 g/mol. The molecule has 2 nitrogen and oxygen atoms in total. The van der Waals surface area contributed by atoms with Gasteiger partial charge in [0.15, 0.2) is 0 Å². The van der Waals surface area contributed by atoms with Crippen LogP contribution in [0.2, 0.25) is 0 Å². The lowest BCUT2D eigenvalue weighted by molar-refractivity contribution is -0.0381. The zero-order chi connectivity index (χ0) is 12.8. The summed E-state index contributed by atoms with van der Waals surface area (Å²) in [5, 5.41) is 10.5. The minimum atomic E-state index is -0.584. The van der Waals surface area contributed by atoms with E-state index in [1.165, 1.54) is 5.56 Å². The van der Waals surface area contributed by atoms with Gasteiger partial charge in [0, 0.05) is 19.5 Å². The van der Waals surface area contributed by atoms with E-state index < -0.39 is 5.60 Å². The second kappa shape index (κ2) is 6.04. The van der Waals surface area contributed by atoms with Crippen molar-refractivity contribution in [3.05, 3.63) is 35.9 Å². The highest BCUT2D eigenvalue weighted by Gasteiger charge is 2.32. The summed E-state index contributed by atoms with van der Waals surface area (Å²) in [6, 6.07) is 10.4. The van der Waals surface area contributed by atoms with Crippen molar-refractivity contribution in [2.45, 2.75) is 37.8 Å². The van der Waals surface area contributed by atoms with Crippen LogP contribution in [0.25, 0.3) is 0 Å². The SMILES string of the molecule is C#CCCC1(O)CCCN(Cc2ccccc2)C1. The fourth-order valence-electron chi connectivity index (χ4n) is 2.69. The van der Waals surface area contributed by atoms with Gasteiger partial charge in [0.2, 0.25) is 0 Å². The van der Waals surface area contributed by atoms with Gasteiger partial charge in [-0.15, -0.1) is 12.3 Å². The summed E-state index contributed by atoms with van der Waals surface area (Å²) in [4.78, 5) is 2.33. The molecule has 1 aromatic carbocycles. The zero-order valence-electron chi connectivity index (χ0n) is 10.8. The first kappa shape index (κ1) is 13.1. The Morgan fingerprint density at radius 2 is 2.11 bits per heavy atom. The number of rotatable bonds is 4. The number of hydrogen-bond acceptors (Lipinski definition) is 2. The summed E-state index contributed by atoms with van der Waals surface area (Å²) >= 11 is 0. The van der Waals surface area contributed by atoms with Crippen LogP contribution in [0.15, 0.2) is 30.3 Å². The minimum Gasteiger partial charge on any atom is -0.389 e. The van der Waals surface area contributed by atoms with Crippen molar-refractivity contribution >= 4 is 0 Å². The average Bonchev–Trinajstić information content (AvgIpc) is 2.38. The Labute approximate surface area is 110 Å². The van der Waals surface area contributed by atoms with Crippen LogP contribution in [0.4, 0.5) is 0 Å². The fraction of sp³-hybridized carbons (Fsp3) is 0.500. The lowest BCUT2D eigenvalue weighted by atomic mass is 9.88. The fourth-order valence-corrected chi connectivity index (χ4v) is 2.69. The van der Waals surface area contributed by atoms with Crippen LogP contribution in [0.3, 0.4) is 0 Å². The molecule has 2 rings (SSSR count). The highest BCUT2D eigenvalue weighted by Crippen LogP contribution is 2.26. The monoisotopic (exact) mass is 243 g/mol. The number of hydrogen-bond donors (Lipinski definition) is 1. The third kappa shape index (κ3) is 3.60. The number of nitrogens with zero attached hydrogens (tertiary/aromatic N) is 1. The summed E-state index contributed by atoms with van der Waals surface area (Å²) in [6.07, 6.45) is 8.59. The number of piperidine rings is 1. The van der Waals surface area contributed by atoms with Crippen LogP contribution in [-0.4, -0.2) is 28.7 Å². The molecule has 1 atom stereocenters. The largest absolute Gasteiger partial charge is 0.389 e. The zero-order valence-corrected chi connectivity index (χ0v) is 10.8. The molecular formula is C16H21NO. The van der Waals surface area contributed by atoms with E-state index in [9.17, 15) is 5.11 Å². The second-order valence-electron chi connectivity index (χ2n) is 5.23. The standard InChI is InChI=1S/C16H21NO/c1-2-3-10-16(18)11-7-12-17(14-16)13-15-8-5-4-6-9-15/h1,4-6,8-9,18H,3,7,10-14H2. The van der Waals surface area contributed by atoms with Crippen molar-refractivity contribution in [1.82, 2.24) is 4.90 Å². The van der Waals surface area contributed by atoms with E-state index in [1.54, 1.807) is 0 Å². The highest BCUT2D eigenvalue weighted by molar-refractivity contribution is 5.14. The van der Waals surface area contributed by atoms with Gasteiger partial charge < -0.3 is 5.11 Å². The molecule has 18 heavy (non-hydrogen) atoms. The lowest BCUT2D eigenvalue weighted by Gasteiger charge is -2.39. The maximum atomic E-state index is 10.5. The molecule has 0 aromatic heterocycles. The molecule has 1 aliphatic heterocycles. The smallest absolute Gasteiger partial charge is 0.0783 e. The van der Waals surface area contributed by atoms with Crippen LogP contribution < -0.4 is 0 Å². The molecular weight excluding hydrogens is 222 g/mol. The predicted molar refractivity (Wildman–Crippen MR) is 74.0 cm³/mol. The number of terminal acetylenes is 1. The molecule has 1 unspecified atom stereocenters. The van der Waals surface area contributed by atoms with E-state index >= 15 is 0 Å². The van der Waals surface area contributed by atoms with E-state index in [4.69, 9.17) is 6.42 Å². The molecule has 96 valence electrons. The van der Waals surface area contributed by atoms with Gasteiger partial charge in [0.25, 0.3) is 0 Å². The first-order valence-corrected chi connectivity index (χ1v) is 6.64. The van der Waals surface area contributed by atoms with Crippen LogP contribution in [0.5, 0.6) is 0 Å². The Morgan fingerprint density at radius 3 is 2.83 bits per heavy atom. The molecule has 1 N–H and O–H groups in total. The van der Waals surface area contributed by atoms with E-state index in [0.717, 1.165) is 38.9 Å². The molecule has 1 heterocycles. The normalized spacial score (nSPS) is 24.7. The van der Waals surface area contributed by atoms with Gasteiger partial charge in [0.05, 0.1) is 5.60 Å². The van der Waals surface area contributed by atoms with Crippen LogP contribution in [0.1, 0.15) is 31.2 Å². The van der Waals surface area contributed by atoms with Gasteiger partial charge in [-0.25, -0.2) is 0 Å². The Balaban J connectivity index is 1.93. The molecule has 0 saturated carbocycles. The van der Waals surface area contributed by atoms with Crippen molar-refractivity contribution in [3.8, 4) is 12.3 Å². The quantitative estimate of drug-likeness (QED) is 0.821. The van der Waals surface area contributed by atoms with Gasteiger partial charge in [-0.05, 0) is 31.4 Å². The maximum Gasteiger partial charge on any atom is 0.0783 e. The van der Waals surface area contributed by atoms with Crippen LogP contribution in [-0.2, 0) is 6.54 Å². The predicted octanol–water partition coefficient (Wildman–Crippen LogP) is 2.43. The Bertz CT molecular complexity index is 409. The van der Waals surface area contributed by atoms with Crippen molar-refractivity contribution in [1.29, 1.82) is 0 Å². The van der Waals surface area contributed by atoms with E-state index in [2.05, 4.69) is 35.1 Å². The third-order valence-corrected chi connectivity index (χ3v) is 3.62. The number of β-amino-alcohol motifs (C(OH)–C–C–N with tert-alkyl or cyclic N) is 1. The van der Waals surface area contributed by atoms with Crippen molar-refractivity contribution in [2.24, 2.45) is 0 Å². The van der Waals surface area contributed by atoms with Gasteiger partial charge in [0.1, 0.15) is 0 Å². The second-order valence-corrected chi connectivity index (χ2v) is 5.23. The Hall–Kier alpha value is -1.30. The summed E-state index contributed by atoms with van der Waals surface area (Å²) in [5.41, 5.74) is 0.720. The topological polar surface area (TPSA) is 23.5 Å². The van der Waals surface area contributed by atoms with Crippen molar-refractivity contribution in [2.75, 3.05) is 13.1 Å². The van der Waals surface area contributed by atoms with Gasteiger partial charge in [-0.1, -0.05) is 30.3 Å². The van der Waals surface area contributed by atoms with E-state index in [1.807, 2.05) is 6.07 Å². The highest BCUT2D eigenvalue weighted by atomic mass is 16.3. The number of benzene rings is 1. The van der Waals surface area contributed by atoms with Crippen LogP contribution >= 0.6 is 0 Å². The summed E-state index contributed by atoms with van der Waals surface area (Å²) in [6.45, 7) is 2.72. The molecule has 1 fully saturated rings. The summed E-state index contributed by atoms with van der Waals surface area (Å²) in [5.74, 6) is 2.63. The lowest BCUT2D eigenvalue weighted by Crippen LogP contribution is -2.47. The maximum absolute atomic E-state index is 10.5. The Kier molecular flexibility index (Phi) is 4.41. The molecule has 1 saturated heterocycles. The third-order valence-electron chi connectivity index (χ3n) is 3.62. The number of aliphatic hydroxyl groups is 1.